The Hall–Kier alpha value is 0.650. The van der Waals surface area contributed by atoms with Crippen LogP contribution in [-0.2, 0) is 0 Å². The van der Waals surface area contributed by atoms with E-state index in [9.17, 15) is 0 Å². The second kappa shape index (κ2) is 2.49. The molecule has 2 atom stereocenters. The summed E-state index contributed by atoms with van der Waals surface area (Å²) in [5.74, 6) is 0. The molecular weight excluding hydrogens is 219 g/mol. The van der Waals surface area contributed by atoms with Crippen molar-refractivity contribution in [3.8, 4) is 0 Å². The van der Waals surface area contributed by atoms with E-state index in [4.69, 9.17) is 10.2 Å². The van der Waals surface area contributed by atoms with Crippen LogP contribution in [0, 0.1) is 0 Å². The molecule has 3 heteroatoms. The van der Waals surface area contributed by atoms with Crippen molar-refractivity contribution in [2.75, 3.05) is 0 Å². The van der Waals surface area contributed by atoms with Gasteiger partial charge in [-0.1, -0.05) is 22.6 Å². The highest BCUT2D eigenvalue weighted by atomic mass is 127. The van der Waals surface area contributed by atoms with E-state index in [0.717, 1.165) is 12.8 Å². The summed E-state index contributed by atoms with van der Waals surface area (Å²) in [7, 11) is 0. The molecule has 0 saturated heterocycles. The van der Waals surface area contributed by atoms with Crippen molar-refractivity contribution in [3.05, 3.63) is 0 Å². The average Bonchev–Trinajstić information content (AvgIpc) is 1.85. The molecular formula is C5H9IO2. The normalized spacial score (nSPS) is 40.9. The lowest BCUT2D eigenvalue weighted by atomic mass is 10.3. The molecule has 1 aliphatic rings. The fourth-order valence-corrected chi connectivity index (χ4v) is 1.98. The van der Waals surface area contributed by atoms with Crippen molar-refractivity contribution in [2.24, 2.45) is 0 Å². The highest BCUT2D eigenvalue weighted by Crippen LogP contribution is 2.25. The van der Waals surface area contributed by atoms with E-state index in [0.29, 0.717) is 3.92 Å². The topological polar surface area (TPSA) is 40.5 Å². The van der Waals surface area contributed by atoms with Crippen LogP contribution in [0.1, 0.15) is 12.8 Å². The molecule has 0 radical (unpaired) electrons. The van der Waals surface area contributed by atoms with Gasteiger partial charge in [-0.15, -0.1) is 0 Å². The highest BCUT2D eigenvalue weighted by Gasteiger charge is 2.29. The van der Waals surface area contributed by atoms with Crippen LogP contribution in [0.5, 0.6) is 0 Å². The second-order valence-corrected chi connectivity index (χ2v) is 3.96. The maximum absolute atomic E-state index is 8.91. The highest BCUT2D eigenvalue weighted by molar-refractivity contribution is 14.1. The Bertz CT molecular complexity index is 76.5. The Kier molecular flexibility index (Phi) is 2.11. The van der Waals surface area contributed by atoms with Crippen LogP contribution in [0.3, 0.4) is 0 Å². The molecule has 0 bridgehead atoms. The third kappa shape index (κ3) is 1.33. The summed E-state index contributed by atoms with van der Waals surface area (Å²) in [6.07, 6.45) is 0.581. The molecule has 0 aromatic carbocycles. The quantitative estimate of drug-likeness (QED) is 0.462. The Balaban J connectivity index is 2.39. The standard InChI is InChI=1S/C5H9IO2/c6-3-1-4(7)5(8)2-3/h3-5,7-8H,1-2H2/t4-,5-/m1/s1. The third-order valence-corrected chi connectivity index (χ3v) is 2.46. The Morgan fingerprint density at radius 3 is 1.62 bits per heavy atom. The van der Waals surface area contributed by atoms with E-state index >= 15 is 0 Å². The van der Waals surface area contributed by atoms with Gasteiger partial charge in [0.25, 0.3) is 0 Å². The predicted molar refractivity (Wildman–Crippen MR) is 39.1 cm³/mol. The SMILES string of the molecule is O[C@@H]1CC(I)C[C@H]1O. The first kappa shape index (κ1) is 6.77. The molecule has 0 amide bonds. The molecule has 0 aliphatic heterocycles. The predicted octanol–water partition coefficient (Wildman–Crippen LogP) is 0.306. The zero-order chi connectivity index (χ0) is 6.15. The first-order valence-electron chi connectivity index (χ1n) is 2.70. The monoisotopic (exact) mass is 228 g/mol. The smallest absolute Gasteiger partial charge is 0.0809 e. The fourth-order valence-electron chi connectivity index (χ4n) is 0.934. The van der Waals surface area contributed by atoms with Crippen LogP contribution in [0.25, 0.3) is 0 Å². The van der Waals surface area contributed by atoms with Gasteiger partial charge < -0.3 is 10.2 Å². The molecule has 0 aromatic heterocycles. The van der Waals surface area contributed by atoms with Gasteiger partial charge in [0.05, 0.1) is 12.2 Å². The minimum atomic E-state index is -0.461. The van der Waals surface area contributed by atoms with Gasteiger partial charge in [0.1, 0.15) is 0 Å². The number of aliphatic hydroxyl groups excluding tert-OH is 2. The van der Waals surface area contributed by atoms with Crippen molar-refractivity contribution in [1.82, 2.24) is 0 Å². The first-order valence-corrected chi connectivity index (χ1v) is 3.95. The number of aliphatic hydroxyl groups is 2. The van der Waals surface area contributed by atoms with Crippen molar-refractivity contribution >= 4 is 22.6 Å². The molecule has 48 valence electrons. The minimum absolute atomic E-state index is 0.461. The number of hydrogen-bond acceptors (Lipinski definition) is 2. The third-order valence-electron chi connectivity index (χ3n) is 1.44. The van der Waals surface area contributed by atoms with E-state index in [1.54, 1.807) is 0 Å². The number of hydrogen-bond donors (Lipinski definition) is 2. The van der Waals surface area contributed by atoms with Crippen LogP contribution >= 0.6 is 22.6 Å². The van der Waals surface area contributed by atoms with Crippen LogP contribution in [0.4, 0.5) is 0 Å². The second-order valence-electron chi connectivity index (χ2n) is 2.20. The summed E-state index contributed by atoms with van der Waals surface area (Å²) >= 11 is 2.24. The van der Waals surface area contributed by atoms with Gasteiger partial charge in [-0.05, 0) is 12.8 Å². The maximum Gasteiger partial charge on any atom is 0.0809 e. The van der Waals surface area contributed by atoms with Gasteiger partial charge in [-0.2, -0.15) is 0 Å². The van der Waals surface area contributed by atoms with Crippen molar-refractivity contribution in [3.63, 3.8) is 0 Å². The van der Waals surface area contributed by atoms with Crippen LogP contribution in [0.15, 0.2) is 0 Å². The van der Waals surface area contributed by atoms with Gasteiger partial charge in [0, 0.05) is 3.92 Å². The van der Waals surface area contributed by atoms with E-state index < -0.39 is 12.2 Å². The van der Waals surface area contributed by atoms with Gasteiger partial charge in [-0.3, -0.25) is 0 Å². The molecule has 0 aromatic rings. The van der Waals surface area contributed by atoms with Crippen LogP contribution < -0.4 is 0 Å². The van der Waals surface area contributed by atoms with E-state index in [2.05, 4.69) is 22.6 Å². The van der Waals surface area contributed by atoms with Gasteiger partial charge >= 0.3 is 0 Å². The van der Waals surface area contributed by atoms with Crippen molar-refractivity contribution in [1.29, 1.82) is 0 Å². The molecule has 0 spiro atoms. The lowest BCUT2D eigenvalue weighted by Crippen LogP contribution is -2.17. The Morgan fingerprint density at radius 2 is 1.50 bits per heavy atom. The summed E-state index contributed by atoms with van der Waals surface area (Å²) in [6, 6.07) is 0. The van der Waals surface area contributed by atoms with Gasteiger partial charge in [0.15, 0.2) is 0 Å². The lowest BCUT2D eigenvalue weighted by Gasteiger charge is -2.03. The molecule has 8 heavy (non-hydrogen) atoms. The molecule has 2 N–H and O–H groups in total. The number of rotatable bonds is 0. The summed E-state index contributed by atoms with van der Waals surface area (Å²) in [6.45, 7) is 0. The molecule has 1 aliphatic carbocycles. The molecule has 2 nitrogen and oxygen atoms in total. The van der Waals surface area contributed by atoms with E-state index in [1.165, 1.54) is 0 Å². The fraction of sp³-hybridized carbons (Fsp3) is 1.00. The Labute approximate surface area is 62.0 Å². The largest absolute Gasteiger partial charge is 0.390 e. The van der Waals surface area contributed by atoms with Crippen LogP contribution in [-0.4, -0.2) is 26.3 Å². The van der Waals surface area contributed by atoms with Crippen molar-refractivity contribution < 1.29 is 10.2 Å². The van der Waals surface area contributed by atoms with Crippen molar-refractivity contribution in [2.45, 2.75) is 29.0 Å². The maximum atomic E-state index is 8.91. The summed E-state index contributed by atoms with van der Waals surface area (Å²) in [5, 5.41) is 17.8. The van der Waals surface area contributed by atoms with Gasteiger partial charge in [-0.25, -0.2) is 0 Å². The summed E-state index contributed by atoms with van der Waals surface area (Å²) in [4.78, 5) is 0. The molecule has 1 rings (SSSR count). The van der Waals surface area contributed by atoms with E-state index in [1.807, 2.05) is 0 Å². The molecule has 0 heterocycles. The zero-order valence-corrected chi connectivity index (χ0v) is 6.58. The molecule has 0 unspecified atom stereocenters. The lowest BCUT2D eigenvalue weighted by molar-refractivity contribution is 0.0438. The number of halogens is 1. The summed E-state index contributed by atoms with van der Waals surface area (Å²) in [5.41, 5.74) is 0. The number of alkyl halides is 1. The summed E-state index contributed by atoms with van der Waals surface area (Å²) < 4.78 is 0.470. The zero-order valence-electron chi connectivity index (χ0n) is 4.42. The molecule has 1 saturated carbocycles. The van der Waals surface area contributed by atoms with Crippen LogP contribution in [0.2, 0.25) is 0 Å². The first-order chi connectivity index (χ1) is 3.70. The van der Waals surface area contributed by atoms with Gasteiger partial charge in [0.2, 0.25) is 0 Å². The average molecular weight is 228 g/mol. The Morgan fingerprint density at radius 1 is 1.12 bits per heavy atom. The van der Waals surface area contributed by atoms with E-state index in [-0.39, 0.29) is 0 Å². The minimum Gasteiger partial charge on any atom is -0.390 e. The molecule has 1 fully saturated rings.